The molecular formula is C23H36FN3O5S. The second-order valence-electron chi connectivity index (χ2n) is 8.71. The summed E-state index contributed by atoms with van der Waals surface area (Å²) in [5, 5.41) is 14.9. The lowest BCUT2D eigenvalue weighted by molar-refractivity contribution is -0.126. The number of hydrogen-bond donors (Lipinski definition) is 4. The number of aliphatic hydroxyl groups excluding tert-OH is 1. The molecule has 3 amide bonds. The van der Waals surface area contributed by atoms with Gasteiger partial charge in [-0.1, -0.05) is 13.5 Å². The molecular weight excluding hydrogens is 449 g/mol. The number of ether oxygens (including phenoxy) is 2. The number of methoxy groups -OCH3 is 1. The summed E-state index contributed by atoms with van der Waals surface area (Å²) in [5.74, 6) is -0.666. The SMILES string of the molecule is C=C(S)N(C[C@H](OCC(C)CO)c1cc(F)ccc1OC)C(=O)NC(C)(C)C(=O)NC(C)C. The first-order valence-corrected chi connectivity index (χ1v) is 11.1. The van der Waals surface area contributed by atoms with Crippen molar-refractivity contribution < 1.29 is 28.6 Å². The van der Waals surface area contributed by atoms with Crippen molar-refractivity contribution in [1.82, 2.24) is 15.5 Å². The van der Waals surface area contributed by atoms with Gasteiger partial charge in [-0.3, -0.25) is 9.69 Å². The normalized spacial score (nSPS) is 13.3. The third-order valence-electron chi connectivity index (χ3n) is 4.74. The second-order valence-corrected chi connectivity index (χ2v) is 9.22. The van der Waals surface area contributed by atoms with Crippen LogP contribution in [0.25, 0.3) is 0 Å². The lowest BCUT2D eigenvalue weighted by Gasteiger charge is -2.33. The van der Waals surface area contributed by atoms with E-state index < -0.39 is 23.5 Å². The molecule has 0 radical (unpaired) electrons. The summed E-state index contributed by atoms with van der Waals surface area (Å²) in [6, 6.07) is 3.27. The lowest BCUT2D eigenvalue weighted by atomic mass is 10.0. The summed E-state index contributed by atoms with van der Waals surface area (Å²) in [4.78, 5) is 26.8. The van der Waals surface area contributed by atoms with Crippen molar-refractivity contribution in [1.29, 1.82) is 0 Å². The Morgan fingerprint density at radius 1 is 1.30 bits per heavy atom. The number of halogens is 1. The number of amides is 3. The Labute approximate surface area is 200 Å². The fourth-order valence-electron chi connectivity index (χ4n) is 2.84. The van der Waals surface area contributed by atoms with Crippen LogP contribution in [0.1, 0.15) is 46.3 Å². The van der Waals surface area contributed by atoms with Crippen LogP contribution in [0.5, 0.6) is 5.75 Å². The van der Waals surface area contributed by atoms with E-state index in [1.165, 1.54) is 30.2 Å². The van der Waals surface area contributed by atoms with Gasteiger partial charge in [-0.15, -0.1) is 12.6 Å². The summed E-state index contributed by atoms with van der Waals surface area (Å²) >= 11 is 4.24. The second kappa shape index (κ2) is 12.8. The molecule has 0 aliphatic carbocycles. The predicted molar refractivity (Wildman–Crippen MR) is 129 cm³/mol. The molecule has 0 heterocycles. The minimum Gasteiger partial charge on any atom is -0.496 e. The van der Waals surface area contributed by atoms with Crippen LogP contribution >= 0.6 is 12.6 Å². The van der Waals surface area contributed by atoms with E-state index >= 15 is 0 Å². The lowest BCUT2D eigenvalue weighted by Crippen LogP contribution is -2.58. The van der Waals surface area contributed by atoms with Gasteiger partial charge in [0.2, 0.25) is 5.91 Å². The van der Waals surface area contributed by atoms with Gasteiger partial charge < -0.3 is 25.2 Å². The number of rotatable bonds is 12. The van der Waals surface area contributed by atoms with Crippen molar-refractivity contribution in [2.75, 3.05) is 26.9 Å². The molecule has 0 fully saturated rings. The monoisotopic (exact) mass is 485 g/mol. The van der Waals surface area contributed by atoms with Crippen LogP contribution < -0.4 is 15.4 Å². The summed E-state index contributed by atoms with van der Waals surface area (Å²) in [6.45, 7) is 12.3. The molecule has 1 unspecified atom stereocenters. The highest BCUT2D eigenvalue weighted by Gasteiger charge is 2.33. The van der Waals surface area contributed by atoms with Gasteiger partial charge >= 0.3 is 6.03 Å². The van der Waals surface area contributed by atoms with Gasteiger partial charge in [0.25, 0.3) is 0 Å². The van der Waals surface area contributed by atoms with Gasteiger partial charge in [-0.25, -0.2) is 9.18 Å². The summed E-state index contributed by atoms with van der Waals surface area (Å²) < 4.78 is 25.4. The fourth-order valence-corrected chi connectivity index (χ4v) is 3.01. The zero-order valence-electron chi connectivity index (χ0n) is 20.1. The molecule has 0 aliphatic heterocycles. The van der Waals surface area contributed by atoms with Crippen molar-refractivity contribution in [3.63, 3.8) is 0 Å². The number of nitrogens with one attached hydrogen (secondary N) is 2. The Hall–Kier alpha value is -2.30. The van der Waals surface area contributed by atoms with Crippen molar-refractivity contribution in [2.45, 2.75) is 52.3 Å². The maximum atomic E-state index is 14.1. The quantitative estimate of drug-likeness (QED) is 0.341. The highest BCUT2D eigenvalue weighted by Crippen LogP contribution is 2.31. The Morgan fingerprint density at radius 2 is 1.94 bits per heavy atom. The topological polar surface area (TPSA) is 100 Å². The van der Waals surface area contributed by atoms with Crippen molar-refractivity contribution >= 4 is 24.6 Å². The molecule has 0 saturated heterocycles. The maximum absolute atomic E-state index is 14.1. The van der Waals surface area contributed by atoms with Crippen LogP contribution in [0.15, 0.2) is 29.8 Å². The first-order chi connectivity index (χ1) is 15.3. The van der Waals surface area contributed by atoms with Crippen LogP contribution in [0, 0.1) is 11.7 Å². The number of benzene rings is 1. The summed E-state index contributed by atoms with van der Waals surface area (Å²) in [7, 11) is 1.45. The highest BCUT2D eigenvalue weighted by atomic mass is 32.1. The number of carbonyl (C=O) groups excluding carboxylic acids is 2. The van der Waals surface area contributed by atoms with Gasteiger partial charge in [0.1, 0.15) is 23.2 Å². The zero-order valence-corrected chi connectivity index (χ0v) is 21.0. The highest BCUT2D eigenvalue weighted by molar-refractivity contribution is 7.84. The smallest absolute Gasteiger partial charge is 0.323 e. The molecule has 3 N–H and O–H groups in total. The molecule has 186 valence electrons. The van der Waals surface area contributed by atoms with E-state index in [0.717, 1.165) is 0 Å². The minimum absolute atomic E-state index is 0.0893. The minimum atomic E-state index is -1.22. The molecule has 1 aromatic rings. The van der Waals surface area contributed by atoms with Gasteiger partial charge in [0.05, 0.1) is 25.3 Å². The van der Waals surface area contributed by atoms with Crippen LogP contribution in [-0.4, -0.2) is 60.4 Å². The van der Waals surface area contributed by atoms with Crippen molar-refractivity contribution in [2.24, 2.45) is 5.92 Å². The van der Waals surface area contributed by atoms with E-state index in [2.05, 4.69) is 29.8 Å². The molecule has 10 heteroatoms. The molecule has 33 heavy (non-hydrogen) atoms. The molecule has 1 rings (SSSR count). The largest absolute Gasteiger partial charge is 0.496 e. The van der Waals surface area contributed by atoms with Crippen molar-refractivity contribution in [3.05, 3.63) is 41.2 Å². The molecule has 0 saturated carbocycles. The number of carbonyl (C=O) groups is 2. The Morgan fingerprint density at radius 3 is 2.45 bits per heavy atom. The van der Waals surface area contributed by atoms with Gasteiger partial charge in [0, 0.05) is 24.1 Å². The zero-order chi connectivity index (χ0) is 25.3. The first kappa shape index (κ1) is 28.7. The molecule has 0 aliphatic rings. The van der Waals surface area contributed by atoms with Crippen LogP contribution in [0.4, 0.5) is 9.18 Å². The standard InChI is InChI=1S/C23H36FN3O5S/c1-14(2)25-21(29)23(5,6)26-22(30)27(16(4)33)11-20(32-13-15(3)12-28)18-10-17(24)8-9-19(18)31-7/h8-10,14-15,20,28,33H,4,11-13H2,1-3,5-7H3,(H,25,29)(H,26,30)/t15?,20-/m0/s1. The van der Waals surface area contributed by atoms with Gasteiger partial charge in [0.15, 0.2) is 0 Å². The molecule has 8 nitrogen and oxygen atoms in total. The Balaban J connectivity index is 3.22. The molecule has 0 aromatic heterocycles. The molecule has 0 spiro atoms. The number of hydrogen-bond acceptors (Lipinski definition) is 6. The third kappa shape index (κ3) is 8.87. The Bertz CT molecular complexity index is 834. The van der Waals surface area contributed by atoms with Crippen molar-refractivity contribution in [3.8, 4) is 5.75 Å². The average Bonchev–Trinajstić information content (AvgIpc) is 2.72. The third-order valence-corrected chi connectivity index (χ3v) is 4.99. The first-order valence-electron chi connectivity index (χ1n) is 10.7. The number of urea groups is 1. The Kier molecular flexibility index (Phi) is 11.2. The number of aliphatic hydroxyl groups is 1. The molecule has 1 aromatic carbocycles. The van der Waals surface area contributed by atoms with E-state index in [9.17, 15) is 19.1 Å². The van der Waals surface area contributed by atoms with Gasteiger partial charge in [-0.05, 0) is 45.9 Å². The maximum Gasteiger partial charge on any atom is 0.323 e. The number of thiol groups is 1. The molecule has 0 bridgehead atoms. The van der Waals surface area contributed by atoms with E-state index in [0.29, 0.717) is 11.3 Å². The van der Waals surface area contributed by atoms with Crippen LogP contribution in [0.3, 0.4) is 0 Å². The number of nitrogens with zero attached hydrogens (tertiary/aromatic N) is 1. The van der Waals surface area contributed by atoms with E-state index in [1.807, 2.05) is 13.8 Å². The van der Waals surface area contributed by atoms with Crippen LogP contribution in [0.2, 0.25) is 0 Å². The van der Waals surface area contributed by atoms with Crippen LogP contribution in [-0.2, 0) is 9.53 Å². The fraction of sp³-hybridized carbons (Fsp3) is 0.565. The van der Waals surface area contributed by atoms with Gasteiger partial charge in [-0.2, -0.15) is 0 Å². The summed E-state index contributed by atoms with van der Waals surface area (Å²) in [6.07, 6.45) is -0.827. The van der Waals surface area contributed by atoms with E-state index in [4.69, 9.17) is 9.47 Å². The van der Waals surface area contributed by atoms with E-state index in [1.54, 1.807) is 20.8 Å². The average molecular weight is 486 g/mol. The van der Waals surface area contributed by atoms with E-state index in [-0.39, 0.29) is 42.7 Å². The molecule has 2 atom stereocenters. The summed E-state index contributed by atoms with van der Waals surface area (Å²) in [5.41, 5.74) is -0.840. The predicted octanol–water partition coefficient (Wildman–Crippen LogP) is 3.24.